The topological polar surface area (TPSA) is 83.3 Å². The van der Waals surface area contributed by atoms with Crippen molar-refractivity contribution < 1.29 is 23.7 Å². The molecule has 0 spiro atoms. The van der Waals surface area contributed by atoms with Gasteiger partial charge in [0, 0.05) is 30.6 Å². The lowest BCUT2D eigenvalue weighted by atomic mass is 10.1. The van der Waals surface area contributed by atoms with Crippen molar-refractivity contribution in [2.75, 3.05) is 21.3 Å². The summed E-state index contributed by atoms with van der Waals surface area (Å²) in [4.78, 5) is 17.6. The molecule has 2 aromatic heterocycles. The quantitative estimate of drug-likeness (QED) is 0.403. The number of fused-ring (bicyclic) bond motifs is 1. The second kappa shape index (κ2) is 10.2. The minimum atomic E-state index is -0.265. The standard InChI is InChI=1S/C26H27N3O5/c1-17-8-7-11-29-15-19(28-25(17)29)16-34-21-10-6-5-9-20(21)26(30)27-14-18-12-23(32-3)24(33-4)13-22(18)31-2/h5-13,15H,14,16H2,1-4H3,(H,27,30). The molecule has 8 heteroatoms. The second-order valence-corrected chi connectivity index (χ2v) is 7.64. The van der Waals surface area contributed by atoms with Gasteiger partial charge in [-0.15, -0.1) is 0 Å². The molecule has 0 unspecified atom stereocenters. The molecular formula is C26H27N3O5. The molecule has 0 radical (unpaired) electrons. The van der Waals surface area contributed by atoms with E-state index in [1.165, 1.54) is 0 Å². The SMILES string of the molecule is COc1cc(OC)c(OC)cc1CNC(=O)c1ccccc1OCc1cn2cccc(C)c2n1. The van der Waals surface area contributed by atoms with Gasteiger partial charge in [0.05, 0.1) is 32.6 Å². The molecule has 0 aliphatic heterocycles. The highest BCUT2D eigenvalue weighted by atomic mass is 16.5. The predicted molar refractivity (Wildman–Crippen MR) is 128 cm³/mol. The Hall–Kier alpha value is -4.20. The van der Waals surface area contributed by atoms with Crippen LogP contribution in [0.1, 0.15) is 27.2 Å². The zero-order valence-electron chi connectivity index (χ0n) is 19.6. The molecule has 0 saturated carbocycles. The number of carbonyl (C=O) groups excluding carboxylic acids is 1. The van der Waals surface area contributed by atoms with Gasteiger partial charge >= 0.3 is 0 Å². The number of nitrogens with one attached hydrogen (secondary N) is 1. The van der Waals surface area contributed by atoms with Crippen molar-refractivity contribution in [1.82, 2.24) is 14.7 Å². The molecule has 1 amide bonds. The van der Waals surface area contributed by atoms with Crippen LogP contribution in [0, 0.1) is 6.92 Å². The highest BCUT2D eigenvalue weighted by Crippen LogP contribution is 2.34. The van der Waals surface area contributed by atoms with Crippen LogP contribution in [-0.2, 0) is 13.2 Å². The van der Waals surface area contributed by atoms with Crippen molar-refractivity contribution >= 4 is 11.6 Å². The molecule has 8 nitrogen and oxygen atoms in total. The van der Waals surface area contributed by atoms with Gasteiger partial charge in [-0.3, -0.25) is 4.79 Å². The summed E-state index contributed by atoms with van der Waals surface area (Å²) in [6.07, 6.45) is 3.87. The first-order valence-corrected chi connectivity index (χ1v) is 10.8. The van der Waals surface area contributed by atoms with E-state index in [0.717, 1.165) is 22.5 Å². The first kappa shape index (κ1) is 23.0. The van der Waals surface area contributed by atoms with E-state index in [1.54, 1.807) is 51.7 Å². The van der Waals surface area contributed by atoms with Gasteiger partial charge in [-0.2, -0.15) is 0 Å². The third-order valence-electron chi connectivity index (χ3n) is 5.46. The Labute approximate surface area is 198 Å². The van der Waals surface area contributed by atoms with Gasteiger partial charge in [0.2, 0.25) is 0 Å². The fourth-order valence-corrected chi connectivity index (χ4v) is 3.71. The van der Waals surface area contributed by atoms with E-state index < -0.39 is 0 Å². The number of nitrogens with zero attached hydrogens (tertiary/aromatic N) is 2. The molecule has 34 heavy (non-hydrogen) atoms. The summed E-state index contributed by atoms with van der Waals surface area (Å²) < 4.78 is 24.1. The Morgan fingerprint density at radius 1 is 0.941 bits per heavy atom. The molecule has 0 fully saturated rings. The lowest BCUT2D eigenvalue weighted by molar-refractivity contribution is 0.0946. The first-order valence-electron chi connectivity index (χ1n) is 10.8. The molecule has 4 rings (SSSR count). The minimum absolute atomic E-state index is 0.238. The van der Waals surface area contributed by atoms with Crippen LogP contribution < -0.4 is 24.3 Å². The minimum Gasteiger partial charge on any atom is -0.496 e. The number of carbonyl (C=O) groups is 1. The number of imidazole rings is 1. The summed E-state index contributed by atoms with van der Waals surface area (Å²) >= 11 is 0. The van der Waals surface area contributed by atoms with E-state index in [-0.39, 0.29) is 19.1 Å². The van der Waals surface area contributed by atoms with E-state index in [4.69, 9.17) is 18.9 Å². The molecule has 2 heterocycles. The summed E-state index contributed by atoms with van der Waals surface area (Å²) in [5, 5.41) is 2.93. The predicted octanol–water partition coefficient (Wildman–Crippen LogP) is 4.18. The van der Waals surface area contributed by atoms with Gasteiger partial charge in [0.1, 0.15) is 23.8 Å². The fraction of sp³-hybridized carbons (Fsp3) is 0.231. The largest absolute Gasteiger partial charge is 0.496 e. The van der Waals surface area contributed by atoms with Crippen LogP contribution in [-0.4, -0.2) is 36.6 Å². The van der Waals surface area contributed by atoms with Gasteiger partial charge in [-0.25, -0.2) is 4.98 Å². The van der Waals surface area contributed by atoms with Crippen molar-refractivity contribution in [1.29, 1.82) is 0 Å². The normalized spacial score (nSPS) is 10.7. The maximum Gasteiger partial charge on any atom is 0.255 e. The van der Waals surface area contributed by atoms with Crippen molar-refractivity contribution in [3.05, 3.63) is 83.3 Å². The van der Waals surface area contributed by atoms with Crippen molar-refractivity contribution in [2.45, 2.75) is 20.1 Å². The van der Waals surface area contributed by atoms with Gasteiger partial charge in [-0.1, -0.05) is 18.2 Å². The molecule has 0 aliphatic rings. The molecule has 0 bridgehead atoms. The number of rotatable bonds is 9. The van der Waals surface area contributed by atoms with Crippen LogP contribution >= 0.6 is 0 Å². The molecule has 4 aromatic rings. The highest BCUT2D eigenvalue weighted by molar-refractivity contribution is 5.96. The number of hydrogen-bond acceptors (Lipinski definition) is 6. The summed E-state index contributed by atoms with van der Waals surface area (Å²) in [6, 6.07) is 14.6. The zero-order chi connectivity index (χ0) is 24.1. The van der Waals surface area contributed by atoms with E-state index in [1.807, 2.05) is 41.9 Å². The monoisotopic (exact) mass is 461 g/mol. The zero-order valence-corrected chi connectivity index (χ0v) is 19.6. The molecule has 176 valence electrons. The number of ether oxygens (including phenoxy) is 4. The van der Waals surface area contributed by atoms with Gasteiger partial charge in [0.25, 0.3) is 5.91 Å². The maximum atomic E-state index is 13.0. The Morgan fingerprint density at radius 2 is 1.68 bits per heavy atom. The fourth-order valence-electron chi connectivity index (χ4n) is 3.71. The van der Waals surface area contributed by atoms with Crippen LogP contribution in [0.15, 0.2) is 60.9 Å². The van der Waals surface area contributed by atoms with E-state index in [9.17, 15) is 4.79 Å². The molecule has 0 saturated heterocycles. The number of aromatic nitrogens is 2. The van der Waals surface area contributed by atoms with Crippen LogP contribution in [0.5, 0.6) is 23.0 Å². The molecule has 2 aromatic carbocycles. The Kier molecular flexibility index (Phi) is 6.87. The van der Waals surface area contributed by atoms with E-state index in [2.05, 4.69) is 10.3 Å². The van der Waals surface area contributed by atoms with Crippen LogP contribution in [0.3, 0.4) is 0 Å². The summed E-state index contributed by atoms with van der Waals surface area (Å²) in [6.45, 7) is 2.50. The van der Waals surface area contributed by atoms with Crippen molar-refractivity contribution in [3.8, 4) is 23.0 Å². The Bertz CT molecular complexity index is 1320. The molecule has 1 N–H and O–H groups in total. The lowest BCUT2D eigenvalue weighted by Crippen LogP contribution is -2.23. The average molecular weight is 462 g/mol. The number of benzene rings is 2. The average Bonchev–Trinajstić information content (AvgIpc) is 3.30. The van der Waals surface area contributed by atoms with E-state index in [0.29, 0.717) is 28.6 Å². The van der Waals surface area contributed by atoms with Crippen molar-refractivity contribution in [2.24, 2.45) is 0 Å². The smallest absolute Gasteiger partial charge is 0.255 e. The lowest BCUT2D eigenvalue weighted by Gasteiger charge is -2.15. The van der Waals surface area contributed by atoms with Gasteiger partial charge < -0.3 is 28.7 Å². The van der Waals surface area contributed by atoms with Crippen LogP contribution in [0.2, 0.25) is 0 Å². The second-order valence-electron chi connectivity index (χ2n) is 7.64. The number of methoxy groups -OCH3 is 3. The summed E-state index contributed by atoms with van der Waals surface area (Å²) in [5.74, 6) is 1.91. The first-order chi connectivity index (χ1) is 16.5. The molecule has 0 aliphatic carbocycles. The number of pyridine rings is 1. The summed E-state index contributed by atoms with van der Waals surface area (Å²) in [5.41, 5.74) is 3.93. The molecule has 0 atom stereocenters. The van der Waals surface area contributed by atoms with Crippen LogP contribution in [0.4, 0.5) is 0 Å². The number of para-hydroxylation sites is 1. The third kappa shape index (κ3) is 4.76. The number of amides is 1. The maximum absolute atomic E-state index is 13.0. The number of hydrogen-bond donors (Lipinski definition) is 1. The molecular weight excluding hydrogens is 434 g/mol. The Morgan fingerprint density at radius 3 is 2.41 bits per heavy atom. The van der Waals surface area contributed by atoms with E-state index >= 15 is 0 Å². The third-order valence-corrected chi connectivity index (χ3v) is 5.46. The summed E-state index contributed by atoms with van der Waals surface area (Å²) in [7, 11) is 4.68. The van der Waals surface area contributed by atoms with Gasteiger partial charge in [-0.05, 0) is 36.8 Å². The van der Waals surface area contributed by atoms with Gasteiger partial charge in [0.15, 0.2) is 11.5 Å². The van der Waals surface area contributed by atoms with Crippen molar-refractivity contribution in [3.63, 3.8) is 0 Å². The Balaban J connectivity index is 1.48. The van der Waals surface area contributed by atoms with Crippen LogP contribution in [0.25, 0.3) is 5.65 Å². The highest BCUT2D eigenvalue weighted by Gasteiger charge is 2.16. The number of aryl methyl sites for hydroxylation is 1.